The predicted octanol–water partition coefficient (Wildman–Crippen LogP) is 12.4. The summed E-state index contributed by atoms with van der Waals surface area (Å²) < 4.78 is 259. The molecule has 2 aliphatic rings. The molecule has 0 bridgehead atoms. The maximum Gasteiger partial charge on any atom is 0.460 e. The second kappa shape index (κ2) is 13.1. The summed E-state index contributed by atoms with van der Waals surface area (Å²) in [6, 6.07) is 1.35. The molecule has 19 heteroatoms. The SMILES string of the molecule is CC1CCC(C2CCC(CCc3ccc(C(F)(F)C(F)(F)C(F)(F)C(F)(F)C(F)(F)C(F)(F)C(F)(F)C(F)(F)C(F)(F)F)cc3)CC2)CC1. The van der Waals surface area contributed by atoms with Gasteiger partial charge in [0.1, 0.15) is 0 Å². The van der Waals surface area contributed by atoms with E-state index in [0.29, 0.717) is 36.3 Å². The maximum atomic E-state index is 14.6. The van der Waals surface area contributed by atoms with Crippen molar-refractivity contribution in [1.29, 1.82) is 0 Å². The summed E-state index contributed by atoms with van der Waals surface area (Å²) in [6.07, 6.45) is 0.897. The molecule has 0 amide bonds. The van der Waals surface area contributed by atoms with Crippen LogP contribution < -0.4 is 0 Å². The Hall–Kier alpha value is -2.11. The third kappa shape index (κ3) is 6.70. The summed E-state index contributed by atoms with van der Waals surface area (Å²) in [5.74, 6) is -64.6. The number of rotatable bonds is 12. The molecule has 284 valence electrons. The molecule has 0 heterocycles. The minimum absolute atomic E-state index is 0.00319. The van der Waals surface area contributed by atoms with Crippen LogP contribution in [-0.4, -0.2) is 47.6 Å². The first kappa shape index (κ1) is 41.3. The van der Waals surface area contributed by atoms with Crippen molar-refractivity contribution in [2.24, 2.45) is 23.7 Å². The summed E-state index contributed by atoms with van der Waals surface area (Å²) in [5.41, 5.74) is -2.11. The topological polar surface area (TPSA) is 0 Å². The zero-order valence-electron chi connectivity index (χ0n) is 25.4. The van der Waals surface area contributed by atoms with Gasteiger partial charge in [0.25, 0.3) is 0 Å². The number of alkyl halides is 19. The third-order valence-corrected chi connectivity index (χ3v) is 9.89. The fourth-order valence-electron chi connectivity index (χ4n) is 6.50. The van der Waals surface area contributed by atoms with Gasteiger partial charge in [-0.05, 0) is 67.8 Å². The van der Waals surface area contributed by atoms with Gasteiger partial charge in [-0.3, -0.25) is 0 Å². The Morgan fingerprint density at radius 1 is 0.449 bits per heavy atom. The van der Waals surface area contributed by atoms with E-state index in [1.54, 1.807) is 0 Å². The number of hydrogen-bond acceptors (Lipinski definition) is 0. The lowest BCUT2D eigenvalue weighted by Crippen LogP contribution is -2.75. The van der Waals surface area contributed by atoms with Crippen LogP contribution in [0.25, 0.3) is 0 Å². The van der Waals surface area contributed by atoms with Crippen LogP contribution in [0.5, 0.6) is 0 Å². The van der Waals surface area contributed by atoms with Gasteiger partial charge in [-0.15, -0.1) is 0 Å². The van der Waals surface area contributed by atoms with Crippen LogP contribution in [0.3, 0.4) is 0 Å². The van der Waals surface area contributed by atoms with E-state index in [4.69, 9.17) is 0 Å². The minimum Gasteiger partial charge on any atom is -0.194 e. The van der Waals surface area contributed by atoms with Gasteiger partial charge >= 0.3 is 53.6 Å². The number of benzene rings is 1. The lowest BCUT2D eigenvalue weighted by Gasteiger charge is -2.43. The zero-order valence-corrected chi connectivity index (χ0v) is 25.4. The molecule has 0 saturated heterocycles. The monoisotopic (exact) mass is 752 g/mol. The Morgan fingerprint density at radius 3 is 1.18 bits per heavy atom. The highest BCUT2D eigenvalue weighted by molar-refractivity contribution is 5.30. The van der Waals surface area contributed by atoms with E-state index in [-0.39, 0.29) is 30.0 Å². The van der Waals surface area contributed by atoms with Crippen LogP contribution in [0.2, 0.25) is 0 Å². The quantitative estimate of drug-likeness (QED) is 0.187. The Kier molecular flexibility index (Phi) is 11.1. The minimum atomic E-state index is -8.92. The molecule has 1 aromatic carbocycles. The Bertz CT molecular complexity index is 1250. The molecule has 2 saturated carbocycles. The molecule has 0 aromatic heterocycles. The first-order valence-electron chi connectivity index (χ1n) is 15.1. The molecule has 2 fully saturated rings. The van der Waals surface area contributed by atoms with Gasteiger partial charge in [-0.25, -0.2) is 0 Å². The van der Waals surface area contributed by atoms with E-state index < -0.39 is 59.1 Å². The summed E-state index contributed by atoms with van der Waals surface area (Å²) in [6.45, 7) is 2.19. The van der Waals surface area contributed by atoms with Crippen molar-refractivity contribution < 1.29 is 83.4 Å². The molecular weight excluding hydrogens is 721 g/mol. The second-order valence-electron chi connectivity index (χ2n) is 13.1. The van der Waals surface area contributed by atoms with E-state index >= 15 is 0 Å². The van der Waals surface area contributed by atoms with Gasteiger partial charge in [-0.2, -0.15) is 83.4 Å². The summed E-state index contributed by atoms with van der Waals surface area (Å²) in [5, 5.41) is 0. The van der Waals surface area contributed by atoms with E-state index in [1.165, 1.54) is 0 Å². The van der Waals surface area contributed by atoms with Crippen molar-refractivity contribution in [1.82, 2.24) is 0 Å². The van der Waals surface area contributed by atoms with Crippen molar-refractivity contribution in [2.75, 3.05) is 0 Å². The van der Waals surface area contributed by atoms with Gasteiger partial charge in [0, 0.05) is 5.56 Å². The van der Waals surface area contributed by atoms with Crippen LogP contribution in [0.15, 0.2) is 24.3 Å². The van der Waals surface area contributed by atoms with Crippen molar-refractivity contribution in [2.45, 2.75) is 125 Å². The molecular formula is C30H31F19. The van der Waals surface area contributed by atoms with Crippen molar-refractivity contribution >= 4 is 0 Å². The van der Waals surface area contributed by atoms with E-state index in [0.717, 1.165) is 51.4 Å². The molecule has 49 heavy (non-hydrogen) atoms. The van der Waals surface area contributed by atoms with E-state index in [1.807, 2.05) is 0 Å². The number of aryl methyl sites for hydroxylation is 1. The maximum absolute atomic E-state index is 14.6. The van der Waals surface area contributed by atoms with Crippen molar-refractivity contribution in [3.63, 3.8) is 0 Å². The molecule has 0 N–H and O–H groups in total. The summed E-state index contributed by atoms with van der Waals surface area (Å²) >= 11 is 0. The molecule has 0 radical (unpaired) electrons. The average Bonchev–Trinajstić information content (AvgIpc) is 2.99. The van der Waals surface area contributed by atoms with Gasteiger partial charge in [0.2, 0.25) is 0 Å². The molecule has 2 aliphatic carbocycles. The highest BCUT2D eigenvalue weighted by atomic mass is 19.4. The normalized spacial score (nSPS) is 24.7. The van der Waals surface area contributed by atoms with Crippen LogP contribution in [0, 0.1) is 23.7 Å². The first-order chi connectivity index (χ1) is 21.9. The summed E-state index contributed by atoms with van der Waals surface area (Å²) in [4.78, 5) is 0. The first-order valence-corrected chi connectivity index (χ1v) is 15.1. The zero-order chi connectivity index (χ0) is 37.9. The lowest BCUT2D eigenvalue weighted by molar-refractivity contribution is -0.469. The smallest absolute Gasteiger partial charge is 0.194 e. The third-order valence-electron chi connectivity index (χ3n) is 9.89. The average molecular weight is 753 g/mol. The number of hydrogen-bond donors (Lipinski definition) is 0. The highest BCUT2D eigenvalue weighted by Crippen LogP contribution is 2.66. The van der Waals surface area contributed by atoms with Crippen molar-refractivity contribution in [3.05, 3.63) is 35.4 Å². The Balaban J connectivity index is 1.76. The summed E-state index contributed by atoms with van der Waals surface area (Å²) in [7, 11) is 0. The Labute approximate surface area is 267 Å². The van der Waals surface area contributed by atoms with Crippen LogP contribution >= 0.6 is 0 Å². The van der Waals surface area contributed by atoms with E-state index in [9.17, 15) is 83.4 Å². The molecule has 0 atom stereocenters. The standard InChI is InChI=1S/C30H31F19/c1-16-2-10-19(11-3-16)20-12-6-17(7-13-20)4-5-18-8-14-21(15-9-18)22(31,32)23(33,34)24(35,36)25(37,38)26(39,40)27(41,42)28(43,44)29(45,46)30(47,48)49/h8-9,14-17,19-20H,2-7,10-13H2,1H3. The highest BCUT2D eigenvalue weighted by Gasteiger charge is 2.96. The molecule has 1 aromatic rings. The van der Waals surface area contributed by atoms with Gasteiger partial charge in [0.15, 0.2) is 0 Å². The number of halogens is 19. The predicted molar refractivity (Wildman–Crippen MR) is 136 cm³/mol. The van der Waals surface area contributed by atoms with Gasteiger partial charge in [0.05, 0.1) is 0 Å². The fraction of sp³-hybridized carbons (Fsp3) is 0.800. The Morgan fingerprint density at radius 2 is 0.796 bits per heavy atom. The van der Waals surface area contributed by atoms with Crippen LogP contribution in [0.4, 0.5) is 83.4 Å². The molecule has 0 spiro atoms. The molecule has 0 nitrogen and oxygen atoms in total. The van der Waals surface area contributed by atoms with Crippen LogP contribution in [-0.2, 0) is 12.3 Å². The molecule has 3 rings (SSSR count). The van der Waals surface area contributed by atoms with Gasteiger partial charge < -0.3 is 0 Å². The molecule has 0 aliphatic heterocycles. The van der Waals surface area contributed by atoms with Crippen molar-refractivity contribution in [3.8, 4) is 0 Å². The van der Waals surface area contributed by atoms with Gasteiger partial charge in [-0.1, -0.05) is 56.9 Å². The fourth-order valence-corrected chi connectivity index (χ4v) is 6.50. The molecule has 0 unspecified atom stereocenters. The lowest BCUT2D eigenvalue weighted by atomic mass is 9.69. The van der Waals surface area contributed by atoms with E-state index in [2.05, 4.69) is 6.92 Å². The largest absolute Gasteiger partial charge is 0.460 e. The van der Waals surface area contributed by atoms with Crippen LogP contribution in [0.1, 0.15) is 75.8 Å². The second-order valence-corrected chi connectivity index (χ2v) is 13.1.